The van der Waals surface area contributed by atoms with Gasteiger partial charge in [0.1, 0.15) is 12.4 Å². The van der Waals surface area contributed by atoms with Gasteiger partial charge in [0.15, 0.2) is 0 Å². The van der Waals surface area contributed by atoms with Crippen LogP contribution >= 0.6 is 0 Å². The van der Waals surface area contributed by atoms with E-state index in [-0.39, 0.29) is 11.8 Å². The van der Waals surface area contributed by atoms with Crippen LogP contribution in [0.1, 0.15) is 12.8 Å². The van der Waals surface area contributed by atoms with E-state index in [1.165, 1.54) is 0 Å². The van der Waals surface area contributed by atoms with Gasteiger partial charge in [0.2, 0.25) is 5.91 Å². The lowest BCUT2D eigenvalue weighted by Gasteiger charge is -2.11. The fourth-order valence-corrected chi connectivity index (χ4v) is 1.44. The Hall–Kier alpha value is -1.55. The molecule has 4 nitrogen and oxygen atoms in total. The molecule has 0 bridgehead atoms. The zero-order valence-electron chi connectivity index (χ0n) is 9.11. The van der Waals surface area contributed by atoms with Gasteiger partial charge in [0, 0.05) is 12.5 Å². The van der Waals surface area contributed by atoms with Crippen LogP contribution in [0.4, 0.5) is 5.69 Å². The van der Waals surface area contributed by atoms with Gasteiger partial charge in [0.25, 0.3) is 0 Å². The van der Waals surface area contributed by atoms with Crippen molar-refractivity contribution in [1.82, 2.24) is 0 Å². The Balaban J connectivity index is 2.02. The van der Waals surface area contributed by atoms with Crippen molar-refractivity contribution in [3.05, 3.63) is 24.3 Å². The molecule has 0 radical (unpaired) electrons. The molecule has 86 valence electrons. The van der Waals surface area contributed by atoms with Crippen LogP contribution in [0.25, 0.3) is 0 Å². The molecule has 1 amide bonds. The Morgan fingerprint density at radius 2 is 2.19 bits per heavy atom. The first kappa shape index (κ1) is 11.0. The molecule has 0 heterocycles. The number of nitrogens with one attached hydrogen (secondary N) is 1. The summed E-state index contributed by atoms with van der Waals surface area (Å²) in [5.74, 6) is 0.966. The zero-order chi connectivity index (χ0) is 11.4. The molecule has 1 aromatic rings. The van der Waals surface area contributed by atoms with E-state index in [0.29, 0.717) is 18.9 Å². The Kier molecular flexibility index (Phi) is 3.41. The van der Waals surface area contributed by atoms with E-state index in [4.69, 9.17) is 10.5 Å². The second kappa shape index (κ2) is 4.99. The van der Waals surface area contributed by atoms with E-state index in [1.54, 1.807) is 0 Å². The summed E-state index contributed by atoms with van der Waals surface area (Å²) < 4.78 is 5.45. The lowest BCUT2D eigenvalue weighted by molar-refractivity contribution is -0.117. The highest BCUT2D eigenvalue weighted by atomic mass is 16.5. The molecule has 1 fully saturated rings. The Bertz CT molecular complexity index is 375. The molecule has 1 aromatic carbocycles. The summed E-state index contributed by atoms with van der Waals surface area (Å²) in [6.07, 6.45) is 2.00. The minimum atomic E-state index is 0.0869. The van der Waals surface area contributed by atoms with E-state index in [1.807, 2.05) is 24.3 Å². The largest absolute Gasteiger partial charge is 0.490 e. The van der Waals surface area contributed by atoms with Gasteiger partial charge in [-0.1, -0.05) is 12.1 Å². The molecule has 0 aliphatic heterocycles. The van der Waals surface area contributed by atoms with Crippen LogP contribution in [0.5, 0.6) is 5.75 Å². The van der Waals surface area contributed by atoms with Gasteiger partial charge in [0.05, 0.1) is 5.69 Å². The number of hydrogen-bond acceptors (Lipinski definition) is 3. The van der Waals surface area contributed by atoms with Gasteiger partial charge in [-0.2, -0.15) is 0 Å². The van der Waals surface area contributed by atoms with Gasteiger partial charge in [-0.15, -0.1) is 0 Å². The second-order valence-corrected chi connectivity index (χ2v) is 3.90. The predicted molar refractivity (Wildman–Crippen MR) is 62.3 cm³/mol. The van der Waals surface area contributed by atoms with E-state index < -0.39 is 0 Å². The maximum absolute atomic E-state index is 11.6. The Morgan fingerprint density at radius 1 is 1.44 bits per heavy atom. The number of nitrogens with two attached hydrogens (primary N) is 1. The minimum absolute atomic E-state index is 0.0869. The third-order valence-electron chi connectivity index (χ3n) is 2.47. The van der Waals surface area contributed by atoms with Crippen LogP contribution in [0.2, 0.25) is 0 Å². The zero-order valence-corrected chi connectivity index (χ0v) is 9.11. The first-order chi connectivity index (χ1) is 7.81. The van der Waals surface area contributed by atoms with Crippen molar-refractivity contribution < 1.29 is 9.53 Å². The monoisotopic (exact) mass is 220 g/mol. The van der Waals surface area contributed by atoms with Crippen molar-refractivity contribution in [2.45, 2.75) is 12.8 Å². The van der Waals surface area contributed by atoms with E-state index in [2.05, 4.69) is 5.32 Å². The van der Waals surface area contributed by atoms with Crippen LogP contribution in [-0.2, 0) is 4.79 Å². The van der Waals surface area contributed by atoms with E-state index in [0.717, 1.165) is 18.5 Å². The molecule has 0 unspecified atom stereocenters. The number of carbonyl (C=O) groups excluding carboxylic acids is 1. The topological polar surface area (TPSA) is 64.3 Å². The molecule has 3 N–H and O–H groups in total. The number of para-hydroxylation sites is 2. The van der Waals surface area contributed by atoms with E-state index in [9.17, 15) is 4.79 Å². The summed E-state index contributed by atoms with van der Waals surface area (Å²) in [4.78, 5) is 11.6. The number of amides is 1. The van der Waals surface area contributed by atoms with Crippen LogP contribution in [0.15, 0.2) is 24.3 Å². The highest BCUT2D eigenvalue weighted by molar-refractivity contribution is 5.95. The van der Waals surface area contributed by atoms with E-state index >= 15 is 0 Å². The summed E-state index contributed by atoms with van der Waals surface area (Å²) in [6.45, 7) is 0.918. The van der Waals surface area contributed by atoms with Crippen molar-refractivity contribution in [3.8, 4) is 5.75 Å². The minimum Gasteiger partial charge on any atom is -0.490 e. The van der Waals surface area contributed by atoms with Gasteiger partial charge in [-0.25, -0.2) is 0 Å². The molecule has 1 aliphatic rings. The molecule has 0 spiro atoms. The molecule has 4 heteroatoms. The fourth-order valence-electron chi connectivity index (χ4n) is 1.44. The Morgan fingerprint density at radius 3 is 2.88 bits per heavy atom. The van der Waals surface area contributed by atoms with Crippen molar-refractivity contribution in [2.75, 3.05) is 18.5 Å². The summed E-state index contributed by atoms with van der Waals surface area (Å²) in [7, 11) is 0. The van der Waals surface area contributed by atoms with Gasteiger partial charge in [-0.3, -0.25) is 4.79 Å². The number of hydrogen-bond donors (Lipinski definition) is 2. The summed E-state index contributed by atoms with van der Waals surface area (Å²) in [6, 6.07) is 7.42. The lowest BCUT2D eigenvalue weighted by Crippen LogP contribution is -2.16. The standard InChI is InChI=1S/C12H16N2O2/c13-7-8-16-11-4-2-1-3-10(11)14-12(15)9-5-6-9/h1-4,9H,5-8,13H2,(H,14,15). The number of ether oxygens (including phenoxy) is 1. The molecular formula is C12H16N2O2. The first-order valence-electron chi connectivity index (χ1n) is 5.54. The van der Waals surface area contributed by atoms with Gasteiger partial charge >= 0.3 is 0 Å². The molecule has 0 aromatic heterocycles. The highest BCUT2D eigenvalue weighted by Gasteiger charge is 2.29. The van der Waals surface area contributed by atoms with Gasteiger partial charge in [-0.05, 0) is 25.0 Å². The fraction of sp³-hybridized carbons (Fsp3) is 0.417. The Labute approximate surface area is 94.8 Å². The maximum Gasteiger partial charge on any atom is 0.227 e. The highest BCUT2D eigenvalue weighted by Crippen LogP contribution is 2.32. The summed E-state index contributed by atoms with van der Waals surface area (Å²) in [5, 5.41) is 2.88. The third-order valence-corrected chi connectivity index (χ3v) is 2.47. The van der Waals surface area contributed by atoms with Crippen molar-refractivity contribution in [1.29, 1.82) is 0 Å². The molecular weight excluding hydrogens is 204 g/mol. The summed E-state index contributed by atoms with van der Waals surface area (Å²) >= 11 is 0. The number of benzene rings is 1. The lowest BCUT2D eigenvalue weighted by atomic mass is 10.2. The number of rotatable bonds is 5. The van der Waals surface area contributed by atoms with Crippen LogP contribution in [0.3, 0.4) is 0 Å². The first-order valence-corrected chi connectivity index (χ1v) is 5.54. The van der Waals surface area contributed by atoms with Crippen molar-refractivity contribution >= 4 is 11.6 Å². The molecule has 1 saturated carbocycles. The molecule has 16 heavy (non-hydrogen) atoms. The smallest absolute Gasteiger partial charge is 0.227 e. The maximum atomic E-state index is 11.6. The van der Waals surface area contributed by atoms with Crippen molar-refractivity contribution in [2.24, 2.45) is 11.7 Å². The average molecular weight is 220 g/mol. The van der Waals surface area contributed by atoms with Crippen LogP contribution in [-0.4, -0.2) is 19.1 Å². The molecule has 0 saturated heterocycles. The molecule has 2 rings (SSSR count). The SMILES string of the molecule is NCCOc1ccccc1NC(=O)C1CC1. The molecule has 0 atom stereocenters. The third kappa shape index (κ3) is 2.73. The van der Waals surface area contributed by atoms with Crippen LogP contribution < -0.4 is 15.8 Å². The quantitative estimate of drug-likeness (QED) is 0.787. The normalized spacial score (nSPS) is 14.6. The molecule has 1 aliphatic carbocycles. The predicted octanol–water partition coefficient (Wildman–Crippen LogP) is 1.37. The average Bonchev–Trinajstić information content (AvgIpc) is 3.11. The summed E-state index contributed by atoms with van der Waals surface area (Å²) in [5.41, 5.74) is 6.10. The van der Waals surface area contributed by atoms with Gasteiger partial charge < -0.3 is 15.8 Å². The number of carbonyl (C=O) groups is 1. The second-order valence-electron chi connectivity index (χ2n) is 3.90. The number of anilines is 1. The van der Waals surface area contributed by atoms with Crippen LogP contribution in [0, 0.1) is 5.92 Å². The van der Waals surface area contributed by atoms with Crippen molar-refractivity contribution in [3.63, 3.8) is 0 Å².